The summed E-state index contributed by atoms with van der Waals surface area (Å²) < 4.78 is 5.80. The first-order valence-electron chi connectivity index (χ1n) is 8.66. The normalized spacial score (nSPS) is 10.5. The van der Waals surface area contributed by atoms with Crippen molar-refractivity contribution >= 4 is 29.1 Å². The molecule has 0 atom stereocenters. The highest BCUT2D eigenvalue weighted by Crippen LogP contribution is 2.26. The van der Waals surface area contributed by atoms with E-state index in [1.165, 1.54) is 0 Å². The lowest BCUT2D eigenvalue weighted by Crippen LogP contribution is -2.01. The zero-order valence-electron chi connectivity index (χ0n) is 14.8. The molecule has 4 aromatic rings. The molecule has 0 bridgehead atoms. The fraction of sp³-hybridized carbons (Fsp3) is 0. The third-order valence-corrected chi connectivity index (χ3v) is 4.24. The van der Waals surface area contributed by atoms with Crippen LogP contribution in [0.1, 0.15) is 0 Å². The number of anilines is 3. The fourth-order valence-corrected chi connectivity index (χ4v) is 2.81. The summed E-state index contributed by atoms with van der Waals surface area (Å²) in [6.45, 7) is 0. The van der Waals surface area contributed by atoms with Gasteiger partial charge in [0.25, 0.3) is 0 Å². The van der Waals surface area contributed by atoms with Crippen molar-refractivity contribution in [3.05, 3.63) is 90.0 Å². The summed E-state index contributed by atoms with van der Waals surface area (Å²) in [6, 6.07) is 26.5. The molecular weight excluding hydrogens is 372 g/mol. The molecule has 0 aliphatic rings. The van der Waals surface area contributed by atoms with Crippen molar-refractivity contribution in [1.82, 2.24) is 9.97 Å². The first-order valence-corrected chi connectivity index (χ1v) is 9.04. The Morgan fingerprint density at radius 3 is 2.11 bits per heavy atom. The monoisotopic (exact) mass is 388 g/mol. The average Bonchev–Trinajstić information content (AvgIpc) is 2.71. The SMILES string of the molecule is Nc1nc(Nc2ccc(Oc3ccc(Cl)cc3)cc2)cc(-c2ccccc2)n1. The Hall–Kier alpha value is -3.57. The standard InChI is InChI=1S/C22H17ClN4O/c23-16-6-10-18(11-7-16)28-19-12-8-17(9-13-19)25-21-14-20(26-22(24)27-21)15-4-2-1-3-5-15/h1-14H,(H3,24,25,26,27). The van der Waals surface area contributed by atoms with Crippen molar-refractivity contribution in [3.8, 4) is 22.8 Å². The van der Waals surface area contributed by atoms with E-state index in [0.717, 1.165) is 28.4 Å². The van der Waals surface area contributed by atoms with Gasteiger partial charge in [0.05, 0.1) is 5.69 Å². The molecule has 0 aliphatic carbocycles. The zero-order valence-corrected chi connectivity index (χ0v) is 15.6. The molecule has 28 heavy (non-hydrogen) atoms. The molecule has 1 heterocycles. The minimum absolute atomic E-state index is 0.214. The van der Waals surface area contributed by atoms with E-state index < -0.39 is 0 Å². The number of rotatable bonds is 5. The lowest BCUT2D eigenvalue weighted by molar-refractivity contribution is 0.483. The number of nitrogen functional groups attached to an aromatic ring is 1. The van der Waals surface area contributed by atoms with Crippen molar-refractivity contribution in [2.24, 2.45) is 0 Å². The maximum atomic E-state index is 5.89. The van der Waals surface area contributed by atoms with Crippen molar-refractivity contribution in [3.63, 3.8) is 0 Å². The summed E-state index contributed by atoms with van der Waals surface area (Å²) in [5, 5.41) is 3.92. The Morgan fingerprint density at radius 1 is 0.786 bits per heavy atom. The molecule has 1 aromatic heterocycles. The zero-order chi connectivity index (χ0) is 19.3. The van der Waals surface area contributed by atoms with Crippen LogP contribution in [-0.2, 0) is 0 Å². The molecule has 0 radical (unpaired) electrons. The minimum Gasteiger partial charge on any atom is -0.457 e. The van der Waals surface area contributed by atoms with Crippen LogP contribution in [0, 0.1) is 0 Å². The minimum atomic E-state index is 0.214. The van der Waals surface area contributed by atoms with Crippen molar-refractivity contribution in [1.29, 1.82) is 0 Å². The van der Waals surface area contributed by atoms with Crippen LogP contribution in [0.4, 0.5) is 17.5 Å². The molecule has 0 spiro atoms. The molecule has 0 saturated carbocycles. The lowest BCUT2D eigenvalue weighted by atomic mass is 10.1. The molecule has 0 unspecified atom stereocenters. The number of hydrogen-bond donors (Lipinski definition) is 2. The second kappa shape index (κ2) is 7.98. The molecule has 5 nitrogen and oxygen atoms in total. The summed E-state index contributed by atoms with van der Waals surface area (Å²) in [5.74, 6) is 2.28. The Bertz CT molecular complexity index is 1070. The van der Waals surface area contributed by atoms with E-state index in [0.29, 0.717) is 10.8 Å². The van der Waals surface area contributed by atoms with Gasteiger partial charge < -0.3 is 15.8 Å². The molecule has 4 rings (SSSR count). The largest absolute Gasteiger partial charge is 0.457 e. The molecule has 0 aliphatic heterocycles. The molecule has 0 fully saturated rings. The summed E-state index contributed by atoms with van der Waals surface area (Å²) >= 11 is 5.89. The molecule has 138 valence electrons. The third-order valence-electron chi connectivity index (χ3n) is 3.99. The van der Waals surface area contributed by atoms with Crippen LogP contribution in [0.2, 0.25) is 5.02 Å². The molecule has 6 heteroatoms. The number of halogens is 1. The van der Waals surface area contributed by atoms with E-state index in [4.69, 9.17) is 22.1 Å². The van der Waals surface area contributed by atoms with Gasteiger partial charge in [0.1, 0.15) is 17.3 Å². The van der Waals surface area contributed by atoms with E-state index in [1.807, 2.05) is 72.8 Å². The van der Waals surface area contributed by atoms with Crippen molar-refractivity contribution < 1.29 is 4.74 Å². The van der Waals surface area contributed by atoms with Crippen LogP contribution in [0.15, 0.2) is 84.9 Å². The highest BCUT2D eigenvalue weighted by Gasteiger charge is 2.06. The predicted molar refractivity (Wildman–Crippen MR) is 113 cm³/mol. The van der Waals surface area contributed by atoms with Gasteiger partial charge in [-0.1, -0.05) is 41.9 Å². The van der Waals surface area contributed by atoms with Gasteiger partial charge in [0.2, 0.25) is 5.95 Å². The van der Waals surface area contributed by atoms with Crippen LogP contribution < -0.4 is 15.8 Å². The molecule has 3 aromatic carbocycles. The van der Waals surface area contributed by atoms with Crippen molar-refractivity contribution in [2.45, 2.75) is 0 Å². The smallest absolute Gasteiger partial charge is 0.222 e. The van der Waals surface area contributed by atoms with Crippen LogP contribution >= 0.6 is 11.6 Å². The van der Waals surface area contributed by atoms with E-state index in [9.17, 15) is 0 Å². The maximum absolute atomic E-state index is 5.89. The topological polar surface area (TPSA) is 73.1 Å². The lowest BCUT2D eigenvalue weighted by Gasteiger charge is -2.10. The first kappa shape index (κ1) is 17.8. The van der Waals surface area contributed by atoms with E-state index >= 15 is 0 Å². The highest BCUT2D eigenvalue weighted by atomic mass is 35.5. The number of nitrogens with one attached hydrogen (secondary N) is 1. The van der Waals surface area contributed by atoms with Gasteiger partial charge >= 0.3 is 0 Å². The maximum Gasteiger partial charge on any atom is 0.222 e. The van der Waals surface area contributed by atoms with Crippen LogP contribution in [0.5, 0.6) is 11.5 Å². The number of hydrogen-bond acceptors (Lipinski definition) is 5. The highest BCUT2D eigenvalue weighted by molar-refractivity contribution is 6.30. The van der Waals surface area contributed by atoms with Crippen molar-refractivity contribution in [2.75, 3.05) is 11.1 Å². The molecule has 0 amide bonds. The fourth-order valence-electron chi connectivity index (χ4n) is 2.68. The van der Waals surface area contributed by atoms with Gasteiger partial charge in [-0.2, -0.15) is 4.98 Å². The Kier molecular flexibility index (Phi) is 5.08. The van der Waals surface area contributed by atoms with E-state index in [1.54, 1.807) is 12.1 Å². The molecule has 3 N–H and O–H groups in total. The molecule has 0 saturated heterocycles. The average molecular weight is 389 g/mol. The summed E-state index contributed by atoms with van der Waals surface area (Å²) in [5.41, 5.74) is 8.48. The van der Waals surface area contributed by atoms with Gasteiger partial charge in [-0.3, -0.25) is 0 Å². The van der Waals surface area contributed by atoms with E-state index in [2.05, 4.69) is 15.3 Å². The summed E-state index contributed by atoms with van der Waals surface area (Å²) in [6.07, 6.45) is 0. The second-order valence-corrected chi connectivity index (χ2v) is 6.50. The third kappa shape index (κ3) is 4.39. The van der Waals surface area contributed by atoms with Crippen LogP contribution in [0.3, 0.4) is 0 Å². The van der Waals surface area contributed by atoms with Gasteiger partial charge in [-0.25, -0.2) is 4.98 Å². The predicted octanol–water partition coefficient (Wildman–Crippen LogP) is 5.92. The Labute approximate surface area is 167 Å². The summed E-state index contributed by atoms with van der Waals surface area (Å²) in [4.78, 5) is 8.57. The first-order chi connectivity index (χ1) is 13.7. The second-order valence-electron chi connectivity index (χ2n) is 6.07. The number of aromatic nitrogens is 2. The van der Waals surface area contributed by atoms with E-state index in [-0.39, 0.29) is 5.95 Å². The van der Waals surface area contributed by atoms with Gasteiger partial charge in [-0.05, 0) is 48.5 Å². The number of nitrogens with zero attached hydrogens (tertiary/aromatic N) is 2. The molecular formula is C22H17ClN4O. The number of ether oxygens (including phenoxy) is 1. The van der Waals surface area contributed by atoms with Crippen LogP contribution in [0.25, 0.3) is 11.3 Å². The van der Waals surface area contributed by atoms with Gasteiger partial charge in [-0.15, -0.1) is 0 Å². The Morgan fingerprint density at radius 2 is 1.43 bits per heavy atom. The number of benzene rings is 3. The summed E-state index contributed by atoms with van der Waals surface area (Å²) in [7, 11) is 0. The quantitative estimate of drug-likeness (QED) is 0.444. The van der Waals surface area contributed by atoms with Gasteiger partial charge in [0, 0.05) is 22.3 Å². The van der Waals surface area contributed by atoms with Gasteiger partial charge in [0.15, 0.2) is 0 Å². The van der Waals surface area contributed by atoms with Crippen LogP contribution in [-0.4, -0.2) is 9.97 Å². The number of nitrogens with two attached hydrogens (primary N) is 1. The Balaban J connectivity index is 1.50.